The molecule has 0 amide bonds. The molecule has 0 aliphatic carbocycles. The minimum Gasteiger partial charge on any atom is -0.497 e. The van der Waals surface area contributed by atoms with Crippen LogP contribution < -0.4 is 9.47 Å². The third-order valence-electron chi connectivity index (χ3n) is 3.10. The van der Waals surface area contributed by atoms with Gasteiger partial charge in [0, 0.05) is 17.3 Å². The Morgan fingerprint density at radius 1 is 1.33 bits per heavy atom. The Balaban J connectivity index is 2.14. The normalized spacial score (nSPS) is 17.1. The number of aliphatic hydroxyl groups excluding tert-OH is 1. The quantitative estimate of drug-likeness (QED) is 0.833. The molecular weight excluding hydrogens is 230 g/mol. The van der Waals surface area contributed by atoms with Crippen LogP contribution in [0.4, 0.5) is 0 Å². The third kappa shape index (κ3) is 1.71. The molecule has 0 saturated carbocycles. The Bertz CT molecular complexity index is 583. The molecule has 1 aromatic carbocycles. The van der Waals surface area contributed by atoms with Crippen molar-refractivity contribution in [1.82, 2.24) is 4.98 Å². The van der Waals surface area contributed by atoms with Crippen LogP contribution in [0, 0.1) is 0 Å². The van der Waals surface area contributed by atoms with E-state index in [1.165, 1.54) is 0 Å². The Kier molecular flexibility index (Phi) is 2.64. The summed E-state index contributed by atoms with van der Waals surface area (Å²) in [4.78, 5) is 4.24. The zero-order valence-electron chi connectivity index (χ0n) is 9.96. The van der Waals surface area contributed by atoms with Crippen LogP contribution in [0.1, 0.15) is 22.9 Å². The molecule has 0 saturated heterocycles. The lowest BCUT2D eigenvalue weighted by molar-refractivity contribution is 0.217. The van der Waals surface area contributed by atoms with Crippen molar-refractivity contribution < 1.29 is 14.6 Å². The summed E-state index contributed by atoms with van der Waals surface area (Å²) in [5, 5.41) is 10.4. The fourth-order valence-corrected chi connectivity index (χ4v) is 2.13. The van der Waals surface area contributed by atoms with Crippen molar-refractivity contribution in [3.8, 4) is 11.5 Å². The molecule has 1 N–H and O–H groups in total. The number of fused-ring (bicyclic) bond motifs is 2. The first-order valence-corrected chi connectivity index (χ1v) is 5.72. The average molecular weight is 243 g/mol. The highest BCUT2D eigenvalue weighted by Gasteiger charge is 2.23. The SMILES string of the molecule is COc1ccc2c(c1)[C@@H](O)c1cccnc1CO2. The molecule has 2 heterocycles. The molecule has 0 unspecified atom stereocenters. The Hall–Kier alpha value is -2.07. The molecule has 4 heteroatoms. The third-order valence-corrected chi connectivity index (χ3v) is 3.10. The number of rotatable bonds is 1. The van der Waals surface area contributed by atoms with E-state index in [0.29, 0.717) is 23.7 Å². The number of ether oxygens (including phenoxy) is 2. The zero-order valence-corrected chi connectivity index (χ0v) is 9.96. The van der Waals surface area contributed by atoms with Crippen LogP contribution >= 0.6 is 0 Å². The number of hydrogen-bond donors (Lipinski definition) is 1. The number of nitrogens with zero attached hydrogens (tertiary/aromatic N) is 1. The second-order valence-corrected chi connectivity index (χ2v) is 4.13. The van der Waals surface area contributed by atoms with E-state index < -0.39 is 6.10 Å². The van der Waals surface area contributed by atoms with Gasteiger partial charge in [-0.1, -0.05) is 6.07 Å². The van der Waals surface area contributed by atoms with Crippen molar-refractivity contribution >= 4 is 0 Å². The van der Waals surface area contributed by atoms with E-state index >= 15 is 0 Å². The van der Waals surface area contributed by atoms with Crippen molar-refractivity contribution in [2.45, 2.75) is 12.7 Å². The van der Waals surface area contributed by atoms with Gasteiger partial charge in [0.15, 0.2) is 0 Å². The van der Waals surface area contributed by atoms with Gasteiger partial charge in [0.25, 0.3) is 0 Å². The Morgan fingerprint density at radius 3 is 3.06 bits per heavy atom. The number of aliphatic hydroxyl groups is 1. The summed E-state index contributed by atoms with van der Waals surface area (Å²) in [6.07, 6.45) is 0.965. The predicted octanol–water partition coefficient (Wildman–Crippen LogP) is 2.06. The molecule has 0 fully saturated rings. The molecule has 1 aliphatic rings. The van der Waals surface area contributed by atoms with Crippen LogP contribution in [0.25, 0.3) is 0 Å². The molecule has 0 spiro atoms. The summed E-state index contributed by atoms with van der Waals surface area (Å²) in [5.74, 6) is 1.37. The van der Waals surface area contributed by atoms with E-state index in [2.05, 4.69) is 4.98 Å². The fourth-order valence-electron chi connectivity index (χ4n) is 2.13. The topological polar surface area (TPSA) is 51.6 Å². The predicted molar refractivity (Wildman–Crippen MR) is 65.6 cm³/mol. The molecule has 0 radical (unpaired) electrons. The first-order chi connectivity index (χ1) is 8.79. The maximum atomic E-state index is 10.4. The van der Waals surface area contributed by atoms with E-state index in [1.807, 2.05) is 24.3 Å². The summed E-state index contributed by atoms with van der Waals surface area (Å²) >= 11 is 0. The first-order valence-electron chi connectivity index (χ1n) is 5.72. The van der Waals surface area contributed by atoms with Crippen LogP contribution in [-0.2, 0) is 6.61 Å². The van der Waals surface area contributed by atoms with Crippen molar-refractivity contribution in [2.75, 3.05) is 7.11 Å². The Morgan fingerprint density at radius 2 is 2.22 bits per heavy atom. The standard InChI is InChI=1S/C14H13NO3/c1-17-9-4-5-13-11(7-9)14(16)10-3-2-6-15-12(10)8-18-13/h2-7,14,16H,8H2,1H3/t14-/m0/s1. The van der Waals surface area contributed by atoms with Crippen molar-refractivity contribution in [2.24, 2.45) is 0 Å². The molecule has 4 nitrogen and oxygen atoms in total. The minimum atomic E-state index is -0.735. The molecule has 1 aromatic heterocycles. The van der Waals surface area contributed by atoms with Gasteiger partial charge in [0.05, 0.1) is 12.8 Å². The van der Waals surface area contributed by atoms with Gasteiger partial charge in [-0.25, -0.2) is 0 Å². The minimum absolute atomic E-state index is 0.368. The highest BCUT2D eigenvalue weighted by atomic mass is 16.5. The molecule has 92 valence electrons. The van der Waals surface area contributed by atoms with Gasteiger partial charge in [-0.3, -0.25) is 4.98 Å². The summed E-state index contributed by atoms with van der Waals surface area (Å²) in [6.45, 7) is 0.368. The molecule has 1 atom stereocenters. The van der Waals surface area contributed by atoms with Crippen LogP contribution in [-0.4, -0.2) is 17.2 Å². The summed E-state index contributed by atoms with van der Waals surface area (Å²) in [6, 6.07) is 9.10. The van der Waals surface area contributed by atoms with Gasteiger partial charge in [-0.05, 0) is 24.3 Å². The highest BCUT2D eigenvalue weighted by Crippen LogP contribution is 2.36. The van der Waals surface area contributed by atoms with Crippen LogP contribution in [0.3, 0.4) is 0 Å². The lowest BCUT2D eigenvalue weighted by atomic mass is 10.0. The molecule has 3 rings (SSSR count). The van der Waals surface area contributed by atoms with E-state index in [-0.39, 0.29) is 0 Å². The highest BCUT2D eigenvalue weighted by molar-refractivity contribution is 5.47. The van der Waals surface area contributed by atoms with E-state index in [1.54, 1.807) is 19.4 Å². The number of aromatic nitrogens is 1. The number of pyridine rings is 1. The second kappa shape index (κ2) is 4.31. The maximum Gasteiger partial charge on any atom is 0.131 e. The van der Waals surface area contributed by atoms with Crippen LogP contribution in [0.5, 0.6) is 11.5 Å². The molecule has 18 heavy (non-hydrogen) atoms. The average Bonchev–Trinajstić information content (AvgIpc) is 2.57. The first kappa shape index (κ1) is 11.0. The fraction of sp³-hybridized carbons (Fsp3) is 0.214. The van der Waals surface area contributed by atoms with Crippen molar-refractivity contribution in [3.05, 3.63) is 53.3 Å². The van der Waals surface area contributed by atoms with Gasteiger partial charge in [-0.2, -0.15) is 0 Å². The molecule has 2 aromatic rings. The van der Waals surface area contributed by atoms with Crippen molar-refractivity contribution in [3.63, 3.8) is 0 Å². The van der Waals surface area contributed by atoms with Gasteiger partial charge >= 0.3 is 0 Å². The second-order valence-electron chi connectivity index (χ2n) is 4.13. The molecular formula is C14H13NO3. The van der Waals surface area contributed by atoms with E-state index in [9.17, 15) is 5.11 Å². The molecule has 1 aliphatic heterocycles. The van der Waals surface area contributed by atoms with Gasteiger partial charge in [0.1, 0.15) is 24.2 Å². The smallest absolute Gasteiger partial charge is 0.131 e. The summed E-state index contributed by atoms with van der Waals surface area (Å²) in [7, 11) is 1.60. The monoisotopic (exact) mass is 243 g/mol. The van der Waals surface area contributed by atoms with E-state index in [0.717, 1.165) is 11.3 Å². The van der Waals surface area contributed by atoms with Gasteiger partial charge in [0.2, 0.25) is 0 Å². The van der Waals surface area contributed by atoms with Crippen LogP contribution in [0.2, 0.25) is 0 Å². The lowest BCUT2D eigenvalue weighted by Crippen LogP contribution is -2.02. The van der Waals surface area contributed by atoms with E-state index in [4.69, 9.17) is 9.47 Å². The van der Waals surface area contributed by atoms with Gasteiger partial charge in [-0.15, -0.1) is 0 Å². The van der Waals surface area contributed by atoms with Crippen LogP contribution in [0.15, 0.2) is 36.5 Å². The summed E-state index contributed by atoms with van der Waals surface area (Å²) < 4.78 is 10.8. The van der Waals surface area contributed by atoms with Gasteiger partial charge < -0.3 is 14.6 Å². The number of methoxy groups -OCH3 is 1. The maximum absolute atomic E-state index is 10.4. The zero-order chi connectivity index (χ0) is 12.5. The molecule has 0 bridgehead atoms. The van der Waals surface area contributed by atoms with Crippen molar-refractivity contribution in [1.29, 1.82) is 0 Å². The lowest BCUT2D eigenvalue weighted by Gasteiger charge is -2.13. The largest absolute Gasteiger partial charge is 0.497 e. The number of hydrogen-bond acceptors (Lipinski definition) is 4. The summed E-state index contributed by atoms with van der Waals surface area (Å²) in [5.41, 5.74) is 2.26. The number of benzene rings is 1. The Labute approximate surface area is 105 Å².